The van der Waals surface area contributed by atoms with Crippen LogP contribution >= 0.6 is 25.3 Å². The summed E-state index contributed by atoms with van der Waals surface area (Å²) < 4.78 is 7.57. The summed E-state index contributed by atoms with van der Waals surface area (Å²) in [4.78, 5) is 40.8. The minimum atomic E-state index is -0.457. The number of amides is 2. The van der Waals surface area contributed by atoms with Gasteiger partial charge < -0.3 is 19.5 Å². The molecule has 1 aromatic heterocycles. The molecule has 198 valence electrons. The standard InChI is InChI=1S/C27H39N3O4S2/c1-4-5-6-10-14-30-21(3)24(26(32)29(15-17-36)18-23(31)28-13-16-35)20(2)25(30)27(33)34-19-22-11-8-7-9-12-22/h7-9,11-12,35-36H,4-6,10,13-19H2,1-3H3,(H,28,31). The first-order valence-electron chi connectivity index (χ1n) is 12.5. The van der Waals surface area contributed by atoms with E-state index in [1.54, 1.807) is 6.92 Å². The Hall–Kier alpha value is -2.39. The van der Waals surface area contributed by atoms with Crippen LogP contribution in [-0.4, -0.2) is 58.4 Å². The molecule has 0 aliphatic carbocycles. The first kappa shape index (κ1) is 29.8. The van der Waals surface area contributed by atoms with Gasteiger partial charge in [0.05, 0.1) is 12.1 Å². The average molecular weight is 534 g/mol. The molecule has 1 aromatic carbocycles. The van der Waals surface area contributed by atoms with Gasteiger partial charge in [0, 0.05) is 36.8 Å². The van der Waals surface area contributed by atoms with Gasteiger partial charge in [-0.15, -0.1) is 0 Å². The summed E-state index contributed by atoms with van der Waals surface area (Å²) in [7, 11) is 0. The molecule has 0 aliphatic heterocycles. The normalized spacial score (nSPS) is 10.8. The van der Waals surface area contributed by atoms with Crippen LogP contribution in [0.5, 0.6) is 0 Å². The summed E-state index contributed by atoms with van der Waals surface area (Å²) in [6, 6.07) is 9.51. The van der Waals surface area contributed by atoms with Crippen molar-refractivity contribution in [2.45, 2.75) is 59.6 Å². The van der Waals surface area contributed by atoms with Gasteiger partial charge in [0.15, 0.2) is 0 Å². The van der Waals surface area contributed by atoms with Gasteiger partial charge in [-0.3, -0.25) is 9.59 Å². The lowest BCUT2D eigenvalue weighted by Gasteiger charge is -2.22. The van der Waals surface area contributed by atoms with E-state index >= 15 is 0 Å². The van der Waals surface area contributed by atoms with E-state index in [-0.39, 0.29) is 25.0 Å². The summed E-state index contributed by atoms with van der Waals surface area (Å²) in [5, 5.41) is 2.75. The number of rotatable bonds is 15. The third-order valence-electron chi connectivity index (χ3n) is 6.05. The second kappa shape index (κ2) is 15.7. The topological polar surface area (TPSA) is 80.6 Å². The minimum Gasteiger partial charge on any atom is -0.456 e. The van der Waals surface area contributed by atoms with Gasteiger partial charge in [0.25, 0.3) is 5.91 Å². The van der Waals surface area contributed by atoms with Crippen molar-refractivity contribution in [3.63, 3.8) is 0 Å². The van der Waals surface area contributed by atoms with Crippen molar-refractivity contribution in [2.75, 3.05) is 31.1 Å². The van der Waals surface area contributed by atoms with Crippen molar-refractivity contribution in [1.29, 1.82) is 0 Å². The fourth-order valence-electron chi connectivity index (χ4n) is 4.20. The molecule has 7 nitrogen and oxygen atoms in total. The predicted molar refractivity (Wildman–Crippen MR) is 150 cm³/mol. The zero-order valence-electron chi connectivity index (χ0n) is 21.6. The molecule has 36 heavy (non-hydrogen) atoms. The zero-order chi connectivity index (χ0) is 26.5. The van der Waals surface area contributed by atoms with Crippen LogP contribution in [0.3, 0.4) is 0 Å². The van der Waals surface area contributed by atoms with E-state index in [4.69, 9.17) is 4.74 Å². The molecule has 0 saturated heterocycles. The number of hydrogen-bond donors (Lipinski definition) is 3. The van der Waals surface area contributed by atoms with Crippen LogP contribution in [0.1, 0.15) is 70.3 Å². The molecule has 0 radical (unpaired) electrons. The Morgan fingerprint density at radius 3 is 2.39 bits per heavy atom. The monoisotopic (exact) mass is 533 g/mol. The first-order chi connectivity index (χ1) is 17.3. The molecule has 0 saturated carbocycles. The zero-order valence-corrected chi connectivity index (χ0v) is 23.4. The number of nitrogens with zero attached hydrogens (tertiary/aromatic N) is 2. The molecule has 9 heteroatoms. The molecule has 2 rings (SSSR count). The van der Waals surface area contributed by atoms with Crippen LogP contribution in [0.4, 0.5) is 0 Å². The first-order valence-corrected chi connectivity index (χ1v) is 13.8. The number of thiol groups is 2. The Kier molecular flexibility index (Phi) is 13.0. The van der Waals surface area contributed by atoms with Gasteiger partial charge in [-0.2, -0.15) is 25.3 Å². The van der Waals surface area contributed by atoms with Gasteiger partial charge in [-0.25, -0.2) is 4.79 Å². The van der Waals surface area contributed by atoms with Gasteiger partial charge in [-0.05, 0) is 31.4 Å². The molecule has 0 atom stereocenters. The fourth-order valence-corrected chi connectivity index (χ4v) is 4.55. The molecule has 2 aromatic rings. The van der Waals surface area contributed by atoms with E-state index in [2.05, 4.69) is 37.5 Å². The molecule has 0 bridgehead atoms. The minimum absolute atomic E-state index is 0.0818. The van der Waals surface area contributed by atoms with Gasteiger partial charge in [0.1, 0.15) is 12.3 Å². The van der Waals surface area contributed by atoms with Gasteiger partial charge >= 0.3 is 5.97 Å². The Labute approximate surface area is 225 Å². The molecule has 1 N–H and O–H groups in total. The number of benzene rings is 1. The Balaban J connectivity index is 2.37. The van der Waals surface area contributed by atoms with Crippen molar-refractivity contribution in [2.24, 2.45) is 0 Å². The third kappa shape index (κ3) is 8.34. The Bertz CT molecular complexity index is 1010. The largest absolute Gasteiger partial charge is 0.456 e. The number of carbonyl (C=O) groups is 3. The molecular weight excluding hydrogens is 494 g/mol. The SMILES string of the molecule is CCCCCCn1c(C)c(C(=O)N(CCS)CC(=O)NCCS)c(C)c1C(=O)OCc1ccccc1. The molecule has 2 amide bonds. The number of ether oxygens (including phenoxy) is 1. The predicted octanol–water partition coefficient (Wildman–Crippen LogP) is 4.46. The molecule has 0 aliphatic rings. The lowest BCUT2D eigenvalue weighted by atomic mass is 10.1. The smallest absolute Gasteiger partial charge is 0.355 e. The number of nitrogens with one attached hydrogen (secondary N) is 1. The highest BCUT2D eigenvalue weighted by Gasteiger charge is 2.30. The van der Waals surface area contributed by atoms with Crippen LogP contribution in [0.15, 0.2) is 30.3 Å². The van der Waals surface area contributed by atoms with E-state index in [9.17, 15) is 14.4 Å². The maximum atomic E-state index is 13.7. The second-order valence-electron chi connectivity index (χ2n) is 8.73. The number of hydrogen-bond acceptors (Lipinski definition) is 6. The maximum Gasteiger partial charge on any atom is 0.355 e. The van der Waals surface area contributed by atoms with Crippen molar-refractivity contribution < 1.29 is 19.1 Å². The second-order valence-corrected chi connectivity index (χ2v) is 9.63. The van der Waals surface area contributed by atoms with Crippen molar-refractivity contribution in [3.8, 4) is 0 Å². The molecular formula is C27H39N3O4S2. The number of carbonyl (C=O) groups excluding carboxylic acids is 3. The third-order valence-corrected chi connectivity index (χ3v) is 6.47. The number of unbranched alkanes of at least 4 members (excludes halogenated alkanes) is 3. The summed E-state index contributed by atoms with van der Waals surface area (Å²) >= 11 is 8.39. The van der Waals surface area contributed by atoms with Crippen LogP contribution in [0.2, 0.25) is 0 Å². The van der Waals surface area contributed by atoms with E-state index in [1.807, 2.05) is 41.8 Å². The van der Waals surface area contributed by atoms with Gasteiger partial charge in [-0.1, -0.05) is 56.5 Å². The Morgan fingerprint density at radius 1 is 1.03 bits per heavy atom. The fraction of sp³-hybridized carbons (Fsp3) is 0.519. The highest BCUT2D eigenvalue weighted by molar-refractivity contribution is 7.80. The molecule has 0 unspecified atom stereocenters. The van der Waals surface area contributed by atoms with Crippen molar-refractivity contribution in [3.05, 3.63) is 58.4 Å². The molecule has 0 fully saturated rings. The van der Waals surface area contributed by atoms with Crippen molar-refractivity contribution in [1.82, 2.24) is 14.8 Å². The lowest BCUT2D eigenvalue weighted by Crippen LogP contribution is -2.42. The van der Waals surface area contributed by atoms with E-state index < -0.39 is 5.97 Å². The summed E-state index contributed by atoms with van der Waals surface area (Å²) in [5.74, 6) is -0.0746. The number of esters is 1. The van der Waals surface area contributed by atoms with E-state index in [0.29, 0.717) is 53.7 Å². The van der Waals surface area contributed by atoms with Gasteiger partial charge in [0.2, 0.25) is 5.91 Å². The summed E-state index contributed by atoms with van der Waals surface area (Å²) in [5.41, 5.74) is 3.02. The van der Waals surface area contributed by atoms with Crippen LogP contribution in [0, 0.1) is 13.8 Å². The lowest BCUT2D eigenvalue weighted by molar-refractivity contribution is -0.121. The number of aromatic nitrogens is 1. The summed E-state index contributed by atoms with van der Waals surface area (Å²) in [6.07, 6.45) is 4.14. The van der Waals surface area contributed by atoms with E-state index in [0.717, 1.165) is 31.2 Å². The van der Waals surface area contributed by atoms with E-state index in [1.165, 1.54) is 4.90 Å². The Morgan fingerprint density at radius 2 is 1.75 bits per heavy atom. The maximum absolute atomic E-state index is 13.7. The average Bonchev–Trinajstić information content (AvgIpc) is 3.12. The summed E-state index contributed by atoms with van der Waals surface area (Å²) in [6.45, 7) is 7.21. The molecule has 0 spiro atoms. The molecule has 1 heterocycles. The van der Waals surface area contributed by atoms with Crippen LogP contribution in [-0.2, 0) is 22.7 Å². The van der Waals surface area contributed by atoms with Crippen LogP contribution in [0.25, 0.3) is 0 Å². The highest BCUT2D eigenvalue weighted by atomic mass is 32.1. The van der Waals surface area contributed by atoms with Crippen molar-refractivity contribution >= 4 is 43.0 Å². The highest BCUT2D eigenvalue weighted by Crippen LogP contribution is 2.26. The quantitative estimate of drug-likeness (QED) is 0.179. The van der Waals surface area contributed by atoms with Crippen LogP contribution < -0.4 is 5.32 Å².